The van der Waals surface area contributed by atoms with Crippen LogP contribution < -0.4 is 11.1 Å². The smallest absolute Gasteiger partial charge is 0.233 e. The molecule has 0 aliphatic rings. The van der Waals surface area contributed by atoms with Crippen LogP contribution in [0.3, 0.4) is 0 Å². The van der Waals surface area contributed by atoms with E-state index in [9.17, 15) is 9.18 Å². The van der Waals surface area contributed by atoms with Crippen LogP contribution >= 0.6 is 28.3 Å². The fourth-order valence-corrected chi connectivity index (χ4v) is 1.64. The van der Waals surface area contributed by atoms with Crippen LogP contribution in [0.15, 0.2) is 22.7 Å². The van der Waals surface area contributed by atoms with E-state index in [2.05, 4.69) is 21.2 Å². The lowest BCUT2D eigenvalue weighted by atomic mass is 10.1. The second kappa shape index (κ2) is 8.44. The summed E-state index contributed by atoms with van der Waals surface area (Å²) in [6, 6.07) is 4.98. The maximum atomic E-state index is 13.4. The Labute approximate surface area is 114 Å². The number of nitrogens with two attached hydrogens (primary N) is 1. The highest BCUT2D eigenvalue weighted by Crippen LogP contribution is 2.16. The van der Waals surface area contributed by atoms with E-state index in [4.69, 9.17) is 5.73 Å². The second-order valence-corrected chi connectivity index (χ2v) is 4.31. The number of amides is 1. The molecule has 3 N–H and O–H groups in total. The van der Waals surface area contributed by atoms with Crippen LogP contribution in [0, 0.1) is 5.82 Å². The minimum absolute atomic E-state index is 0. The molecule has 3 nitrogen and oxygen atoms in total. The third-order valence-electron chi connectivity index (χ3n) is 2.15. The van der Waals surface area contributed by atoms with Gasteiger partial charge < -0.3 is 11.1 Å². The van der Waals surface area contributed by atoms with Gasteiger partial charge in [-0.15, -0.1) is 12.4 Å². The molecule has 17 heavy (non-hydrogen) atoms. The molecule has 1 aromatic rings. The molecule has 0 aromatic heterocycles. The largest absolute Gasteiger partial charge is 0.355 e. The molecular weight excluding hydrogens is 310 g/mol. The van der Waals surface area contributed by atoms with Crippen LogP contribution in [0.1, 0.15) is 12.0 Å². The number of hydrogen-bond donors (Lipinski definition) is 2. The first-order chi connectivity index (χ1) is 7.63. The van der Waals surface area contributed by atoms with Gasteiger partial charge in [-0.05, 0) is 30.5 Å². The van der Waals surface area contributed by atoms with Gasteiger partial charge in [0.25, 0.3) is 0 Å². The van der Waals surface area contributed by atoms with Gasteiger partial charge in [0.05, 0.1) is 6.54 Å². The average molecular weight is 326 g/mol. The third kappa shape index (κ3) is 6.00. The molecule has 96 valence electrons. The fraction of sp³-hybridized carbons (Fsp3) is 0.364. The summed E-state index contributed by atoms with van der Waals surface area (Å²) in [5.41, 5.74) is 5.79. The lowest BCUT2D eigenvalue weighted by molar-refractivity contribution is -0.119. The van der Waals surface area contributed by atoms with Gasteiger partial charge in [-0.2, -0.15) is 0 Å². The van der Waals surface area contributed by atoms with Crippen LogP contribution in [0.2, 0.25) is 0 Å². The maximum absolute atomic E-state index is 13.4. The van der Waals surface area contributed by atoms with E-state index in [0.29, 0.717) is 24.9 Å². The van der Waals surface area contributed by atoms with Crippen molar-refractivity contribution in [1.82, 2.24) is 5.32 Å². The zero-order valence-corrected chi connectivity index (χ0v) is 11.6. The zero-order chi connectivity index (χ0) is 12.0. The Morgan fingerprint density at radius 2 is 2.18 bits per heavy atom. The Balaban J connectivity index is 0.00000256. The molecule has 0 spiro atoms. The highest BCUT2D eigenvalue weighted by atomic mass is 79.9. The summed E-state index contributed by atoms with van der Waals surface area (Å²) in [5, 5.41) is 2.64. The number of halogens is 3. The first kappa shape index (κ1) is 16.4. The summed E-state index contributed by atoms with van der Waals surface area (Å²) in [4.78, 5) is 10.8. The van der Waals surface area contributed by atoms with Crippen LogP contribution in [-0.4, -0.2) is 19.0 Å². The van der Waals surface area contributed by atoms with Crippen molar-refractivity contribution >= 4 is 34.2 Å². The van der Waals surface area contributed by atoms with E-state index in [1.54, 1.807) is 12.1 Å². The lowest BCUT2D eigenvalue weighted by Crippen LogP contribution is -2.31. The standard InChI is InChI=1S/C11H14BrFN2O.ClH/c12-9-4-3-8(10(13)6-9)2-1-5-15-11(16)7-14;/h3-4,6H,1-2,5,7,14H2,(H,15,16);1H. The van der Waals surface area contributed by atoms with E-state index < -0.39 is 0 Å². The second-order valence-electron chi connectivity index (χ2n) is 3.39. The minimum atomic E-state index is -0.223. The van der Waals surface area contributed by atoms with Gasteiger partial charge in [0.15, 0.2) is 0 Å². The molecular formula is C11H15BrClFN2O. The molecule has 0 unspecified atom stereocenters. The van der Waals surface area contributed by atoms with E-state index in [1.807, 2.05) is 0 Å². The quantitative estimate of drug-likeness (QED) is 0.814. The lowest BCUT2D eigenvalue weighted by Gasteiger charge is -2.05. The molecule has 0 atom stereocenters. The molecule has 0 saturated heterocycles. The molecule has 6 heteroatoms. The molecule has 0 saturated carbocycles. The number of aryl methyl sites for hydroxylation is 1. The molecule has 1 aromatic carbocycles. The van der Waals surface area contributed by atoms with Gasteiger partial charge in [0.1, 0.15) is 5.82 Å². The van der Waals surface area contributed by atoms with Crippen molar-refractivity contribution in [1.29, 1.82) is 0 Å². The maximum Gasteiger partial charge on any atom is 0.233 e. The molecule has 0 aliphatic heterocycles. The first-order valence-electron chi connectivity index (χ1n) is 5.04. The fourth-order valence-electron chi connectivity index (χ4n) is 1.30. The molecule has 0 aliphatic carbocycles. The van der Waals surface area contributed by atoms with E-state index in [0.717, 1.165) is 4.47 Å². The van der Waals surface area contributed by atoms with Gasteiger partial charge in [-0.3, -0.25) is 4.79 Å². The Bertz CT molecular complexity index is 376. The van der Waals surface area contributed by atoms with Crippen molar-refractivity contribution in [3.63, 3.8) is 0 Å². The normalized spacial score (nSPS) is 9.59. The molecule has 0 fully saturated rings. The highest BCUT2D eigenvalue weighted by Gasteiger charge is 2.02. The van der Waals surface area contributed by atoms with Crippen molar-refractivity contribution in [2.75, 3.05) is 13.1 Å². The van der Waals surface area contributed by atoms with Crippen LogP contribution in [0.5, 0.6) is 0 Å². The van der Waals surface area contributed by atoms with Crippen molar-refractivity contribution in [2.45, 2.75) is 12.8 Å². The number of benzene rings is 1. The highest BCUT2D eigenvalue weighted by molar-refractivity contribution is 9.10. The minimum Gasteiger partial charge on any atom is -0.355 e. The molecule has 1 rings (SSSR count). The number of nitrogens with one attached hydrogen (secondary N) is 1. The van der Waals surface area contributed by atoms with Crippen LogP contribution in [0.25, 0.3) is 0 Å². The van der Waals surface area contributed by atoms with Crippen LogP contribution in [0.4, 0.5) is 4.39 Å². The van der Waals surface area contributed by atoms with E-state index >= 15 is 0 Å². The van der Waals surface area contributed by atoms with Gasteiger partial charge >= 0.3 is 0 Å². The third-order valence-corrected chi connectivity index (χ3v) is 2.64. The number of rotatable bonds is 5. The van der Waals surface area contributed by atoms with Gasteiger partial charge in [-0.1, -0.05) is 22.0 Å². The van der Waals surface area contributed by atoms with Gasteiger partial charge in [0, 0.05) is 11.0 Å². The SMILES string of the molecule is Cl.NCC(=O)NCCCc1ccc(Br)cc1F. The Morgan fingerprint density at radius 3 is 2.76 bits per heavy atom. The first-order valence-corrected chi connectivity index (χ1v) is 5.83. The summed E-state index contributed by atoms with van der Waals surface area (Å²) in [5.74, 6) is -0.407. The number of carbonyl (C=O) groups is 1. The van der Waals surface area contributed by atoms with Gasteiger partial charge in [-0.25, -0.2) is 4.39 Å². The summed E-state index contributed by atoms with van der Waals surface area (Å²) in [6.07, 6.45) is 1.30. The average Bonchev–Trinajstić information content (AvgIpc) is 2.26. The predicted octanol–water partition coefficient (Wildman–Crippen LogP) is 2.02. The molecule has 0 radical (unpaired) electrons. The van der Waals surface area contributed by atoms with Crippen molar-refractivity contribution < 1.29 is 9.18 Å². The summed E-state index contributed by atoms with van der Waals surface area (Å²) in [7, 11) is 0. The van der Waals surface area contributed by atoms with E-state index in [1.165, 1.54) is 6.07 Å². The van der Waals surface area contributed by atoms with E-state index in [-0.39, 0.29) is 30.7 Å². The van der Waals surface area contributed by atoms with Crippen molar-refractivity contribution in [3.8, 4) is 0 Å². The zero-order valence-electron chi connectivity index (χ0n) is 9.21. The summed E-state index contributed by atoms with van der Waals surface area (Å²) >= 11 is 3.20. The van der Waals surface area contributed by atoms with Gasteiger partial charge in [0.2, 0.25) is 5.91 Å². The number of hydrogen-bond acceptors (Lipinski definition) is 2. The van der Waals surface area contributed by atoms with Crippen LogP contribution in [-0.2, 0) is 11.2 Å². The Hall–Kier alpha value is -0.650. The predicted molar refractivity (Wildman–Crippen MR) is 71.7 cm³/mol. The number of carbonyl (C=O) groups excluding carboxylic acids is 1. The van der Waals surface area contributed by atoms with Crippen molar-refractivity contribution in [2.24, 2.45) is 5.73 Å². The Kier molecular flexibility index (Phi) is 8.12. The molecule has 1 amide bonds. The summed E-state index contributed by atoms with van der Waals surface area (Å²) < 4.78 is 14.1. The Morgan fingerprint density at radius 1 is 1.47 bits per heavy atom. The topological polar surface area (TPSA) is 55.1 Å². The molecule has 0 bridgehead atoms. The monoisotopic (exact) mass is 324 g/mol. The summed E-state index contributed by atoms with van der Waals surface area (Å²) in [6.45, 7) is 0.512. The van der Waals surface area contributed by atoms with Crippen molar-refractivity contribution in [3.05, 3.63) is 34.1 Å². The molecule has 0 heterocycles.